The maximum absolute atomic E-state index is 5.35. The van der Waals surface area contributed by atoms with Crippen molar-refractivity contribution in [1.82, 2.24) is 10.3 Å². The number of ether oxygens (including phenoxy) is 1. The zero-order valence-corrected chi connectivity index (χ0v) is 8.55. The zero-order chi connectivity index (χ0) is 9.80. The fraction of sp³-hybridized carbons (Fsp3) is 0.545. The lowest BCUT2D eigenvalue weighted by Gasteiger charge is -2.16. The van der Waals surface area contributed by atoms with Crippen LogP contribution in [-0.2, 0) is 24.3 Å². The molecule has 0 bridgehead atoms. The summed E-state index contributed by atoms with van der Waals surface area (Å²) in [5.41, 5.74) is 3.74. The van der Waals surface area contributed by atoms with E-state index in [9.17, 15) is 0 Å². The molecule has 3 heteroatoms. The molecule has 1 aliphatic heterocycles. The number of hydrogen-bond acceptors (Lipinski definition) is 3. The molecule has 0 spiro atoms. The van der Waals surface area contributed by atoms with Crippen LogP contribution >= 0.6 is 0 Å². The molecule has 0 amide bonds. The van der Waals surface area contributed by atoms with Crippen molar-refractivity contribution >= 4 is 0 Å². The molecule has 1 aromatic rings. The van der Waals surface area contributed by atoms with Gasteiger partial charge >= 0.3 is 0 Å². The van der Waals surface area contributed by atoms with Crippen molar-refractivity contribution in [2.75, 3.05) is 13.2 Å². The minimum atomic E-state index is 0.677. The van der Waals surface area contributed by atoms with Crippen molar-refractivity contribution in [3.05, 3.63) is 29.1 Å². The predicted octanol–water partition coefficient (Wildman–Crippen LogP) is 1.26. The normalized spacial score (nSPS) is 15.2. The molecule has 0 fully saturated rings. The summed E-state index contributed by atoms with van der Waals surface area (Å²) >= 11 is 0. The molecule has 2 rings (SSSR count). The van der Waals surface area contributed by atoms with Gasteiger partial charge in [-0.2, -0.15) is 0 Å². The third kappa shape index (κ3) is 2.11. The van der Waals surface area contributed by atoms with Crippen molar-refractivity contribution in [1.29, 1.82) is 0 Å². The third-order valence-electron chi connectivity index (χ3n) is 2.44. The average molecular weight is 192 g/mol. The largest absolute Gasteiger partial charge is 0.377 e. The summed E-state index contributed by atoms with van der Waals surface area (Å²) in [5, 5.41) is 3.34. The van der Waals surface area contributed by atoms with Gasteiger partial charge in [0.25, 0.3) is 0 Å². The molecule has 0 aromatic carbocycles. The lowest BCUT2D eigenvalue weighted by molar-refractivity contribution is 0.133. The van der Waals surface area contributed by atoms with Crippen LogP contribution in [0.1, 0.15) is 23.7 Å². The van der Waals surface area contributed by atoms with Gasteiger partial charge in [0.2, 0.25) is 0 Å². The fourth-order valence-corrected chi connectivity index (χ4v) is 1.69. The SMILES string of the molecule is CCOCc1cnc2c(c1)CNCC2. The lowest BCUT2D eigenvalue weighted by Crippen LogP contribution is -2.24. The Hall–Kier alpha value is -0.930. The first-order valence-electron chi connectivity index (χ1n) is 5.15. The van der Waals surface area contributed by atoms with Crippen LogP contribution in [0.5, 0.6) is 0 Å². The molecule has 2 heterocycles. The Morgan fingerprint density at radius 3 is 3.36 bits per heavy atom. The van der Waals surface area contributed by atoms with E-state index in [-0.39, 0.29) is 0 Å². The minimum absolute atomic E-state index is 0.677. The number of aromatic nitrogens is 1. The molecule has 0 saturated heterocycles. The Kier molecular flexibility index (Phi) is 3.11. The van der Waals surface area contributed by atoms with Gasteiger partial charge < -0.3 is 10.1 Å². The molecule has 0 unspecified atom stereocenters. The molecule has 0 saturated carbocycles. The number of hydrogen-bond donors (Lipinski definition) is 1. The van der Waals surface area contributed by atoms with E-state index in [1.54, 1.807) is 0 Å². The Bertz CT molecular complexity index is 312. The van der Waals surface area contributed by atoms with Crippen LogP contribution < -0.4 is 5.32 Å². The number of nitrogens with zero attached hydrogens (tertiary/aromatic N) is 1. The van der Waals surface area contributed by atoms with Crippen LogP contribution in [0.3, 0.4) is 0 Å². The summed E-state index contributed by atoms with van der Waals surface area (Å²) in [5.74, 6) is 0. The van der Waals surface area contributed by atoms with E-state index in [1.807, 2.05) is 13.1 Å². The van der Waals surface area contributed by atoms with E-state index in [1.165, 1.54) is 16.8 Å². The van der Waals surface area contributed by atoms with Crippen LogP contribution in [0, 0.1) is 0 Å². The molecule has 1 aliphatic rings. The highest BCUT2D eigenvalue weighted by Crippen LogP contribution is 2.13. The molecule has 0 aliphatic carbocycles. The zero-order valence-electron chi connectivity index (χ0n) is 8.55. The van der Waals surface area contributed by atoms with Crippen molar-refractivity contribution in [3.63, 3.8) is 0 Å². The maximum atomic E-state index is 5.35. The molecule has 0 radical (unpaired) electrons. The summed E-state index contributed by atoms with van der Waals surface area (Å²) in [7, 11) is 0. The quantitative estimate of drug-likeness (QED) is 0.783. The summed E-state index contributed by atoms with van der Waals surface area (Å²) in [6, 6.07) is 2.20. The van der Waals surface area contributed by atoms with Crippen LogP contribution in [0.15, 0.2) is 12.3 Å². The van der Waals surface area contributed by atoms with E-state index < -0.39 is 0 Å². The first kappa shape index (κ1) is 9.62. The number of fused-ring (bicyclic) bond motifs is 1. The van der Waals surface area contributed by atoms with E-state index in [0.29, 0.717) is 6.61 Å². The Morgan fingerprint density at radius 2 is 2.50 bits per heavy atom. The molecule has 76 valence electrons. The van der Waals surface area contributed by atoms with E-state index in [2.05, 4.69) is 16.4 Å². The Morgan fingerprint density at radius 1 is 1.57 bits per heavy atom. The van der Waals surface area contributed by atoms with Gasteiger partial charge in [0.1, 0.15) is 0 Å². The number of nitrogens with one attached hydrogen (secondary N) is 1. The molecular formula is C11H16N2O. The molecular weight excluding hydrogens is 176 g/mol. The van der Waals surface area contributed by atoms with Gasteiger partial charge in [-0.25, -0.2) is 0 Å². The summed E-state index contributed by atoms with van der Waals surface area (Å²) in [4.78, 5) is 4.45. The number of rotatable bonds is 3. The third-order valence-corrected chi connectivity index (χ3v) is 2.44. The Labute approximate surface area is 84.5 Å². The van der Waals surface area contributed by atoms with Crippen molar-refractivity contribution in [3.8, 4) is 0 Å². The van der Waals surface area contributed by atoms with E-state index in [4.69, 9.17) is 4.74 Å². The smallest absolute Gasteiger partial charge is 0.0731 e. The number of pyridine rings is 1. The fourth-order valence-electron chi connectivity index (χ4n) is 1.69. The summed E-state index contributed by atoms with van der Waals surface area (Å²) in [6.45, 7) is 5.44. The van der Waals surface area contributed by atoms with Gasteiger partial charge in [-0.15, -0.1) is 0 Å². The van der Waals surface area contributed by atoms with Crippen LogP contribution in [0.2, 0.25) is 0 Å². The van der Waals surface area contributed by atoms with Crippen LogP contribution in [0.25, 0.3) is 0 Å². The van der Waals surface area contributed by atoms with Gasteiger partial charge in [-0.05, 0) is 24.1 Å². The molecule has 14 heavy (non-hydrogen) atoms. The first-order valence-corrected chi connectivity index (χ1v) is 5.15. The highest BCUT2D eigenvalue weighted by molar-refractivity contribution is 5.26. The van der Waals surface area contributed by atoms with Gasteiger partial charge in [0, 0.05) is 38.0 Å². The standard InChI is InChI=1S/C11H16N2O/c1-2-14-8-9-5-10-7-12-4-3-11(10)13-6-9/h5-6,12H,2-4,7-8H2,1H3. The van der Waals surface area contributed by atoms with Crippen molar-refractivity contribution < 1.29 is 4.74 Å². The highest BCUT2D eigenvalue weighted by Gasteiger charge is 2.09. The van der Waals surface area contributed by atoms with Gasteiger partial charge in [-0.3, -0.25) is 4.98 Å². The first-order chi connectivity index (χ1) is 6.90. The average Bonchev–Trinajstić information content (AvgIpc) is 2.26. The van der Waals surface area contributed by atoms with E-state index in [0.717, 1.165) is 26.1 Å². The van der Waals surface area contributed by atoms with Gasteiger partial charge in [0.05, 0.1) is 6.61 Å². The second-order valence-electron chi connectivity index (χ2n) is 3.51. The molecule has 0 atom stereocenters. The van der Waals surface area contributed by atoms with Crippen LogP contribution in [0.4, 0.5) is 0 Å². The molecule has 1 aromatic heterocycles. The monoisotopic (exact) mass is 192 g/mol. The molecule has 1 N–H and O–H groups in total. The van der Waals surface area contributed by atoms with E-state index >= 15 is 0 Å². The highest BCUT2D eigenvalue weighted by atomic mass is 16.5. The molecule has 3 nitrogen and oxygen atoms in total. The maximum Gasteiger partial charge on any atom is 0.0731 e. The van der Waals surface area contributed by atoms with Crippen LogP contribution in [-0.4, -0.2) is 18.1 Å². The second kappa shape index (κ2) is 4.53. The minimum Gasteiger partial charge on any atom is -0.377 e. The topological polar surface area (TPSA) is 34.1 Å². The predicted molar refractivity (Wildman–Crippen MR) is 55.0 cm³/mol. The van der Waals surface area contributed by atoms with Gasteiger partial charge in [-0.1, -0.05) is 0 Å². The van der Waals surface area contributed by atoms with Gasteiger partial charge in [0.15, 0.2) is 0 Å². The van der Waals surface area contributed by atoms with Crippen molar-refractivity contribution in [2.24, 2.45) is 0 Å². The second-order valence-corrected chi connectivity index (χ2v) is 3.51. The van der Waals surface area contributed by atoms with Crippen molar-refractivity contribution in [2.45, 2.75) is 26.5 Å². The summed E-state index contributed by atoms with van der Waals surface area (Å²) in [6.07, 6.45) is 2.98. The lowest BCUT2D eigenvalue weighted by atomic mass is 10.1. The Balaban J connectivity index is 2.12. The summed E-state index contributed by atoms with van der Waals surface area (Å²) < 4.78 is 5.35.